The third kappa shape index (κ3) is 3.81. The molecule has 0 aliphatic heterocycles. The maximum atomic E-state index is 11.7. The first kappa shape index (κ1) is 14.9. The molecule has 0 spiro atoms. The Balaban J connectivity index is 1.53. The van der Waals surface area contributed by atoms with Crippen LogP contribution in [-0.4, -0.2) is 17.6 Å². The fourth-order valence-corrected chi connectivity index (χ4v) is 1.98. The van der Waals surface area contributed by atoms with Crippen LogP contribution in [-0.2, 0) is 4.79 Å². The van der Waals surface area contributed by atoms with Crippen molar-refractivity contribution >= 4 is 12.0 Å². The highest BCUT2D eigenvalue weighted by atomic mass is 16.4. The van der Waals surface area contributed by atoms with Gasteiger partial charge in [0.2, 0.25) is 5.91 Å². The lowest BCUT2D eigenvalue weighted by molar-refractivity contribution is -0.116. The predicted octanol–water partition coefficient (Wildman–Crippen LogP) is 3.00. The van der Waals surface area contributed by atoms with Crippen LogP contribution in [0.15, 0.2) is 68.3 Å². The molecule has 0 radical (unpaired) electrons. The smallest absolute Gasteiger partial charge is 0.244 e. The summed E-state index contributed by atoms with van der Waals surface area (Å²) in [6.07, 6.45) is 5.00. The summed E-state index contributed by atoms with van der Waals surface area (Å²) >= 11 is 0. The van der Waals surface area contributed by atoms with Crippen molar-refractivity contribution in [2.75, 3.05) is 6.54 Å². The molecule has 0 aromatic carbocycles. The summed E-state index contributed by atoms with van der Waals surface area (Å²) in [6, 6.07) is 10.3. The standard InChI is InChI=1S/C17H15NO5/c19-13(11-18-17(20)8-5-12-3-1-9-21-12)14-6-7-16(23-14)15-4-2-10-22-15/h1-10,13,19H,11H2,(H,18,20)/b8-5+. The summed E-state index contributed by atoms with van der Waals surface area (Å²) in [7, 11) is 0. The molecule has 0 bridgehead atoms. The Bertz CT molecular complexity index is 768. The van der Waals surface area contributed by atoms with Gasteiger partial charge in [-0.3, -0.25) is 4.79 Å². The first-order valence-electron chi connectivity index (χ1n) is 7.03. The molecule has 6 nitrogen and oxygen atoms in total. The molecule has 23 heavy (non-hydrogen) atoms. The van der Waals surface area contributed by atoms with Gasteiger partial charge in [-0.05, 0) is 42.5 Å². The number of amides is 1. The molecule has 0 aliphatic carbocycles. The third-order valence-corrected chi connectivity index (χ3v) is 3.13. The normalized spacial score (nSPS) is 12.6. The minimum atomic E-state index is -0.945. The molecule has 1 amide bonds. The van der Waals surface area contributed by atoms with Crippen molar-refractivity contribution in [1.29, 1.82) is 0 Å². The van der Waals surface area contributed by atoms with Gasteiger partial charge in [0.05, 0.1) is 19.1 Å². The molecule has 3 aromatic heterocycles. The van der Waals surface area contributed by atoms with Gasteiger partial charge in [-0.25, -0.2) is 0 Å². The number of aliphatic hydroxyl groups excluding tert-OH is 1. The van der Waals surface area contributed by atoms with Gasteiger partial charge in [-0.15, -0.1) is 0 Å². The maximum Gasteiger partial charge on any atom is 0.244 e. The van der Waals surface area contributed by atoms with Crippen molar-refractivity contribution in [3.63, 3.8) is 0 Å². The highest BCUT2D eigenvalue weighted by Gasteiger charge is 2.15. The zero-order chi connectivity index (χ0) is 16.1. The van der Waals surface area contributed by atoms with Gasteiger partial charge < -0.3 is 23.7 Å². The van der Waals surface area contributed by atoms with E-state index in [1.807, 2.05) is 0 Å². The molecule has 3 rings (SSSR count). The second-order valence-corrected chi connectivity index (χ2v) is 4.79. The van der Waals surface area contributed by atoms with Crippen molar-refractivity contribution in [2.24, 2.45) is 0 Å². The summed E-state index contributed by atoms with van der Waals surface area (Å²) in [5.74, 6) is 1.70. The van der Waals surface area contributed by atoms with Crippen LogP contribution in [0, 0.1) is 0 Å². The molecule has 2 N–H and O–H groups in total. The first-order valence-corrected chi connectivity index (χ1v) is 7.03. The lowest BCUT2D eigenvalue weighted by Gasteiger charge is -2.07. The molecule has 1 atom stereocenters. The zero-order valence-electron chi connectivity index (χ0n) is 12.1. The molecule has 0 saturated heterocycles. The van der Waals surface area contributed by atoms with Crippen LogP contribution in [0.1, 0.15) is 17.6 Å². The van der Waals surface area contributed by atoms with Gasteiger partial charge >= 0.3 is 0 Å². The average Bonchev–Trinajstić information content (AvgIpc) is 3.31. The van der Waals surface area contributed by atoms with E-state index >= 15 is 0 Å². The fraction of sp³-hybridized carbons (Fsp3) is 0.118. The number of carbonyl (C=O) groups is 1. The van der Waals surface area contributed by atoms with Crippen molar-refractivity contribution in [3.8, 4) is 11.5 Å². The molecule has 0 aliphatic rings. The van der Waals surface area contributed by atoms with Crippen LogP contribution in [0.3, 0.4) is 0 Å². The van der Waals surface area contributed by atoms with E-state index in [-0.39, 0.29) is 12.5 Å². The number of hydrogen-bond acceptors (Lipinski definition) is 5. The van der Waals surface area contributed by atoms with Gasteiger partial charge in [0.15, 0.2) is 11.5 Å². The Morgan fingerprint density at radius 3 is 2.70 bits per heavy atom. The monoisotopic (exact) mass is 313 g/mol. The topological polar surface area (TPSA) is 88.8 Å². The fourth-order valence-electron chi connectivity index (χ4n) is 1.98. The first-order chi connectivity index (χ1) is 11.2. The summed E-state index contributed by atoms with van der Waals surface area (Å²) < 4.78 is 15.8. The molecule has 0 saturated carbocycles. The van der Waals surface area contributed by atoms with E-state index in [1.54, 1.807) is 48.7 Å². The highest BCUT2D eigenvalue weighted by Crippen LogP contribution is 2.25. The number of hydrogen-bond donors (Lipinski definition) is 2. The van der Waals surface area contributed by atoms with Crippen LogP contribution in [0.4, 0.5) is 0 Å². The maximum absolute atomic E-state index is 11.7. The molecule has 3 heterocycles. The Labute approximate surface area is 132 Å². The van der Waals surface area contributed by atoms with Crippen LogP contribution in [0.2, 0.25) is 0 Å². The van der Waals surface area contributed by atoms with E-state index in [1.165, 1.54) is 12.3 Å². The number of nitrogens with one attached hydrogen (secondary N) is 1. The lowest BCUT2D eigenvalue weighted by Crippen LogP contribution is -2.26. The summed E-state index contributed by atoms with van der Waals surface area (Å²) in [4.78, 5) is 11.7. The molecular formula is C17H15NO5. The zero-order valence-corrected chi connectivity index (χ0v) is 12.1. The quantitative estimate of drug-likeness (QED) is 0.683. The minimum Gasteiger partial charge on any atom is -0.465 e. The van der Waals surface area contributed by atoms with Crippen molar-refractivity contribution in [2.45, 2.75) is 6.10 Å². The predicted molar refractivity (Wildman–Crippen MR) is 82.1 cm³/mol. The Morgan fingerprint density at radius 2 is 1.96 bits per heavy atom. The van der Waals surface area contributed by atoms with Gasteiger partial charge in [0.1, 0.15) is 17.6 Å². The van der Waals surface area contributed by atoms with Crippen molar-refractivity contribution < 1.29 is 23.2 Å². The molecule has 3 aromatic rings. The molecule has 118 valence electrons. The Hall–Kier alpha value is -2.99. The minimum absolute atomic E-state index is 0.0342. The Morgan fingerprint density at radius 1 is 1.13 bits per heavy atom. The number of carbonyl (C=O) groups excluding carboxylic acids is 1. The van der Waals surface area contributed by atoms with Gasteiger partial charge in [0, 0.05) is 6.08 Å². The molecule has 6 heteroatoms. The van der Waals surface area contributed by atoms with Crippen LogP contribution < -0.4 is 5.32 Å². The summed E-state index contributed by atoms with van der Waals surface area (Å²) in [5.41, 5.74) is 0. The third-order valence-electron chi connectivity index (χ3n) is 3.13. The van der Waals surface area contributed by atoms with Crippen molar-refractivity contribution in [3.05, 3.63) is 66.5 Å². The van der Waals surface area contributed by atoms with E-state index in [4.69, 9.17) is 13.3 Å². The van der Waals surface area contributed by atoms with Crippen molar-refractivity contribution in [1.82, 2.24) is 5.32 Å². The average molecular weight is 313 g/mol. The number of furan rings is 3. The molecule has 0 fully saturated rings. The van der Waals surface area contributed by atoms with Crippen LogP contribution in [0.5, 0.6) is 0 Å². The highest BCUT2D eigenvalue weighted by molar-refractivity contribution is 5.91. The van der Waals surface area contributed by atoms with E-state index in [9.17, 15) is 9.90 Å². The largest absolute Gasteiger partial charge is 0.465 e. The number of rotatable bonds is 6. The van der Waals surface area contributed by atoms with Crippen LogP contribution in [0.25, 0.3) is 17.6 Å². The van der Waals surface area contributed by atoms with Crippen LogP contribution >= 0.6 is 0 Å². The molecule has 1 unspecified atom stereocenters. The van der Waals surface area contributed by atoms with E-state index in [2.05, 4.69) is 5.32 Å². The SMILES string of the molecule is O=C(/C=C/c1ccco1)NCC(O)c1ccc(-c2ccco2)o1. The molecular weight excluding hydrogens is 298 g/mol. The van der Waals surface area contributed by atoms with Gasteiger partial charge in [0.25, 0.3) is 0 Å². The summed E-state index contributed by atoms with van der Waals surface area (Å²) in [6.45, 7) is 0.0342. The lowest BCUT2D eigenvalue weighted by atomic mass is 10.2. The number of aliphatic hydroxyl groups is 1. The van der Waals surface area contributed by atoms with Gasteiger partial charge in [-0.2, -0.15) is 0 Å². The second kappa shape index (κ2) is 6.85. The van der Waals surface area contributed by atoms with E-state index in [0.29, 0.717) is 23.0 Å². The van der Waals surface area contributed by atoms with Gasteiger partial charge in [-0.1, -0.05) is 0 Å². The van der Waals surface area contributed by atoms with E-state index in [0.717, 1.165) is 0 Å². The van der Waals surface area contributed by atoms with E-state index < -0.39 is 6.10 Å². The Kier molecular flexibility index (Phi) is 4.44. The summed E-state index contributed by atoms with van der Waals surface area (Å²) in [5, 5.41) is 12.6. The second-order valence-electron chi connectivity index (χ2n) is 4.79.